The second-order valence-corrected chi connectivity index (χ2v) is 6.57. The molecule has 0 bridgehead atoms. The van der Waals surface area contributed by atoms with Gasteiger partial charge < -0.3 is 10.6 Å². The number of carbonyl (C=O) groups excluding carboxylic acids is 1. The van der Waals surface area contributed by atoms with Crippen molar-refractivity contribution in [1.29, 1.82) is 0 Å². The summed E-state index contributed by atoms with van der Waals surface area (Å²) in [6.45, 7) is 1.03. The maximum absolute atomic E-state index is 12.2. The Morgan fingerprint density at radius 1 is 1.14 bits per heavy atom. The van der Waals surface area contributed by atoms with Crippen molar-refractivity contribution in [2.75, 3.05) is 11.9 Å². The van der Waals surface area contributed by atoms with Gasteiger partial charge in [0.2, 0.25) is 5.91 Å². The number of nitrogens with one attached hydrogen (secondary N) is 2. The van der Waals surface area contributed by atoms with Crippen LogP contribution in [-0.4, -0.2) is 18.5 Å². The molecule has 1 aliphatic heterocycles. The van der Waals surface area contributed by atoms with E-state index in [2.05, 4.69) is 22.8 Å². The molecule has 4 heteroatoms. The Kier molecular flexibility index (Phi) is 5.14. The molecule has 22 heavy (non-hydrogen) atoms. The van der Waals surface area contributed by atoms with Crippen molar-refractivity contribution in [2.45, 2.75) is 35.1 Å². The van der Waals surface area contributed by atoms with Gasteiger partial charge in [-0.25, -0.2) is 0 Å². The minimum atomic E-state index is 0.0838. The van der Waals surface area contributed by atoms with Gasteiger partial charge in [-0.1, -0.05) is 42.1 Å². The standard InChI is InChI=1S/C18H20N2OS/c21-18(13-14-7-6-12-19-14)20-16-10-4-5-11-17(16)22-15-8-2-1-3-9-15/h1-5,8-11,14,19H,6-7,12-13H2,(H,20,21). The van der Waals surface area contributed by atoms with Crippen LogP contribution in [0.5, 0.6) is 0 Å². The summed E-state index contributed by atoms with van der Waals surface area (Å²) in [6, 6.07) is 18.5. The van der Waals surface area contributed by atoms with E-state index in [4.69, 9.17) is 0 Å². The smallest absolute Gasteiger partial charge is 0.225 e. The Bertz CT molecular complexity index is 624. The van der Waals surface area contributed by atoms with Crippen molar-refractivity contribution in [2.24, 2.45) is 0 Å². The van der Waals surface area contributed by atoms with E-state index in [0.29, 0.717) is 12.5 Å². The first kappa shape index (κ1) is 15.1. The van der Waals surface area contributed by atoms with Crippen molar-refractivity contribution in [1.82, 2.24) is 5.32 Å². The normalized spacial score (nSPS) is 17.4. The minimum Gasteiger partial charge on any atom is -0.325 e. The van der Waals surface area contributed by atoms with Crippen LogP contribution in [0, 0.1) is 0 Å². The average Bonchev–Trinajstić information content (AvgIpc) is 3.03. The molecule has 0 spiro atoms. The second kappa shape index (κ2) is 7.47. The fourth-order valence-corrected chi connectivity index (χ4v) is 3.55. The lowest BCUT2D eigenvalue weighted by molar-refractivity contribution is -0.116. The zero-order valence-electron chi connectivity index (χ0n) is 12.4. The predicted molar refractivity (Wildman–Crippen MR) is 91.3 cm³/mol. The zero-order valence-corrected chi connectivity index (χ0v) is 13.2. The topological polar surface area (TPSA) is 41.1 Å². The van der Waals surface area contributed by atoms with Crippen LogP contribution < -0.4 is 10.6 Å². The molecule has 1 saturated heterocycles. The number of anilines is 1. The molecule has 3 nitrogen and oxygen atoms in total. The predicted octanol–water partition coefficient (Wildman–Crippen LogP) is 3.92. The average molecular weight is 312 g/mol. The number of rotatable bonds is 5. The molecule has 1 amide bonds. The molecule has 0 aliphatic carbocycles. The summed E-state index contributed by atoms with van der Waals surface area (Å²) >= 11 is 1.67. The van der Waals surface area contributed by atoms with Crippen LogP contribution in [0.2, 0.25) is 0 Å². The highest BCUT2D eigenvalue weighted by Crippen LogP contribution is 2.33. The zero-order chi connectivity index (χ0) is 15.2. The highest BCUT2D eigenvalue weighted by molar-refractivity contribution is 7.99. The van der Waals surface area contributed by atoms with Crippen LogP contribution in [0.3, 0.4) is 0 Å². The maximum atomic E-state index is 12.2. The SMILES string of the molecule is O=C(CC1CCCN1)Nc1ccccc1Sc1ccccc1. The molecule has 1 fully saturated rings. The maximum Gasteiger partial charge on any atom is 0.225 e. The molecule has 1 heterocycles. The van der Waals surface area contributed by atoms with E-state index in [9.17, 15) is 4.79 Å². The summed E-state index contributed by atoms with van der Waals surface area (Å²) < 4.78 is 0. The summed E-state index contributed by atoms with van der Waals surface area (Å²) in [5, 5.41) is 6.42. The third kappa shape index (κ3) is 4.12. The third-order valence-electron chi connectivity index (χ3n) is 3.73. The van der Waals surface area contributed by atoms with Crippen LogP contribution in [0.1, 0.15) is 19.3 Å². The van der Waals surface area contributed by atoms with Crippen molar-refractivity contribution in [3.63, 3.8) is 0 Å². The third-order valence-corrected chi connectivity index (χ3v) is 4.81. The lowest BCUT2D eigenvalue weighted by Crippen LogP contribution is -2.27. The summed E-state index contributed by atoms with van der Waals surface area (Å²) in [5.41, 5.74) is 0.888. The van der Waals surface area contributed by atoms with E-state index < -0.39 is 0 Å². The van der Waals surface area contributed by atoms with Crippen LogP contribution in [0.15, 0.2) is 64.4 Å². The van der Waals surface area contributed by atoms with E-state index in [1.807, 2.05) is 42.5 Å². The van der Waals surface area contributed by atoms with E-state index >= 15 is 0 Å². The van der Waals surface area contributed by atoms with Crippen molar-refractivity contribution < 1.29 is 4.79 Å². The number of carbonyl (C=O) groups is 1. The summed E-state index contributed by atoms with van der Waals surface area (Å²) in [6.07, 6.45) is 2.80. The van der Waals surface area contributed by atoms with Gasteiger partial charge in [-0.15, -0.1) is 0 Å². The summed E-state index contributed by atoms with van der Waals surface area (Å²) in [5.74, 6) is 0.0838. The summed E-state index contributed by atoms with van der Waals surface area (Å²) in [7, 11) is 0. The first-order chi connectivity index (χ1) is 10.8. The molecule has 1 aliphatic rings. The van der Waals surface area contributed by atoms with E-state index in [0.717, 1.165) is 23.5 Å². The molecule has 2 aromatic rings. The fourth-order valence-electron chi connectivity index (χ4n) is 2.63. The van der Waals surface area contributed by atoms with Gasteiger partial charge in [-0.3, -0.25) is 4.79 Å². The van der Waals surface area contributed by atoms with Crippen molar-refractivity contribution >= 4 is 23.4 Å². The van der Waals surface area contributed by atoms with Crippen LogP contribution >= 0.6 is 11.8 Å². The Morgan fingerprint density at radius 3 is 2.68 bits per heavy atom. The van der Waals surface area contributed by atoms with Crippen LogP contribution in [-0.2, 0) is 4.79 Å². The lowest BCUT2D eigenvalue weighted by Gasteiger charge is -2.13. The number of hydrogen-bond donors (Lipinski definition) is 2. The first-order valence-electron chi connectivity index (χ1n) is 7.66. The molecule has 0 aromatic heterocycles. The van der Waals surface area contributed by atoms with Gasteiger partial charge in [0, 0.05) is 22.3 Å². The van der Waals surface area contributed by atoms with Crippen LogP contribution in [0.4, 0.5) is 5.69 Å². The highest BCUT2D eigenvalue weighted by Gasteiger charge is 2.18. The lowest BCUT2D eigenvalue weighted by atomic mass is 10.1. The molecular weight excluding hydrogens is 292 g/mol. The number of benzene rings is 2. The Hall–Kier alpha value is -1.78. The van der Waals surface area contributed by atoms with Gasteiger partial charge in [-0.05, 0) is 43.7 Å². The molecule has 1 unspecified atom stereocenters. The van der Waals surface area contributed by atoms with Crippen LogP contribution in [0.25, 0.3) is 0 Å². The molecule has 2 N–H and O–H groups in total. The van der Waals surface area contributed by atoms with E-state index in [1.165, 1.54) is 11.3 Å². The Labute approximate surface area is 135 Å². The first-order valence-corrected chi connectivity index (χ1v) is 8.48. The minimum absolute atomic E-state index is 0.0838. The van der Waals surface area contributed by atoms with Gasteiger partial charge in [0.15, 0.2) is 0 Å². The fraction of sp³-hybridized carbons (Fsp3) is 0.278. The van der Waals surface area contributed by atoms with Gasteiger partial charge >= 0.3 is 0 Å². The van der Waals surface area contributed by atoms with E-state index in [-0.39, 0.29) is 5.91 Å². The second-order valence-electron chi connectivity index (χ2n) is 5.46. The monoisotopic (exact) mass is 312 g/mol. The van der Waals surface area contributed by atoms with Gasteiger partial charge in [0.25, 0.3) is 0 Å². The molecular formula is C18H20N2OS. The molecule has 3 rings (SSSR count). The van der Waals surface area contributed by atoms with Gasteiger partial charge in [0.1, 0.15) is 0 Å². The molecule has 2 aromatic carbocycles. The largest absolute Gasteiger partial charge is 0.325 e. The molecule has 1 atom stereocenters. The van der Waals surface area contributed by atoms with Gasteiger partial charge in [-0.2, -0.15) is 0 Å². The van der Waals surface area contributed by atoms with Crippen molar-refractivity contribution in [3.8, 4) is 0 Å². The number of para-hydroxylation sites is 1. The molecule has 0 radical (unpaired) electrons. The number of amides is 1. The summed E-state index contributed by atoms with van der Waals surface area (Å²) in [4.78, 5) is 14.5. The number of hydrogen-bond acceptors (Lipinski definition) is 3. The molecule has 0 saturated carbocycles. The Balaban J connectivity index is 1.66. The van der Waals surface area contributed by atoms with Crippen molar-refractivity contribution in [3.05, 3.63) is 54.6 Å². The van der Waals surface area contributed by atoms with E-state index in [1.54, 1.807) is 11.8 Å². The molecule has 114 valence electrons. The quantitative estimate of drug-likeness (QED) is 0.879. The van der Waals surface area contributed by atoms with Gasteiger partial charge in [0.05, 0.1) is 5.69 Å². The Morgan fingerprint density at radius 2 is 1.91 bits per heavy atom. The highest BCUT2D eigenvalue weighted by atomic mass is 32.2.